The van der Waals surface area contributed by atoms with Crippen LogP contribution < -0.4 is 20.9 Å². The van der Waals surface area contributed by atoms with Gasteiger partial charge in [-0.2, -0.15) is 9.97 Å². The maximum Gasteiger partial charge on any atom is 0.322 e. The molecule has 3 rings (SSSR count). The number of amides is 1. The molecule has 4 N–H and O–H groups in total. The number of hydrogen-bond donors (Lipinski definition) is 2. The van der Waals surface area contributed by atoms with Gasteiger partial charge in [-0.1, -0.05) is 12.1 Å². The molecular formula is C16H17FN4O3. The van der Waals surface area contributed by atoms with E-state index in [0.29, 0.717) is 0 Å². The predicted octanol–water partition coefficient (Wildman–Crippen LogP) is 2.41. The highest BCUT2D eigenvalue weighted by Crippen LogP contribution is 2.31. The van der Waals surface area contributed by atoms with E-state index in [9.17, 15) is 9.18 Å². The summed E-state index contributed by atoms with van der Waals surface area (Å²) in [5.41, 5.74) is 10.9. The number of benzene rings is 1. The van der Waals surface area contributed by atoms with Crippen LogP contribution in [0.3, 0.4) is 0 Å². The SMILES string of the molecule is NC(=O)c1c(N)nc(OC2CCCC2)nc1Oc1ccccc1F. The molecule has 1 fully saturated rings. The van der Waals surface area contributed by atoms with E-state index >= 15 is 0 Å². The number of hydrogen-bond acceptors (Lipinski definition) is 6. The Morgan fingerprint density at radius 2 is 1.92 bits per heavy atom. The molecular weight excluding hydrogens is 315 g/mol. The second kappa shape index (κ2) is 6.69. The normalized spacial score (nSPS) is 14.5. The molecule has 0 atom stereocenters. The van der Waals surface area contributed by atoms with Crippen LogP contribution in [-0.4, -0.2) is 22.0 Å². The molecule has 1 aromatic heterocycles. The minimum atomic E-state index is -0.869. The first-order valence-corrected chi connectivity index (χ1v) is 7.61. The van der Waals surface area contributed by atoms with Gasteiger partial charge in [0, 0.05) is 0 Å². The van der Waals surface area contributed by atoms with Gasteiger partial charge in [0.15, 0.2) is 11.6 Å². The number of carbonyl (C=O) groups excluding carboxylic acids is 1. The average Bonchev–Trinajstić information content (AvgIpc) is 3.01. The Balaban J connectivity index is 1.96. The number of carbonyl (C=O) groups is 1. The van der Waals surface area contributed by atoms with Crippen molar-refractivity contribution in [3.8, 4) is 17.6 Å². The third-order valence-electron chi connectivity index (χ3n) is 3.75. The molecule has 0 aliphatic heterocycles. The average molecular weight is 332 g/mol. The van der Waals surface area contributed by atoms with Crippen molar-refractivity contribution in [3.05, 3.63) is 35.6 Å². The number of nitrogens with two attached hydrogens (primary N) is 2. The quantitative estimate of drug-likeness (QED) is 0.869. The largest absolute Gasteiger partial charge is 0.460 e. The van der Waals surface area contributed by atoms with Gasteiger partial charge in [-0.05, 0) is 37.8 Å². The molecule has 1 aliphatic rings. The number of aromatic nitrogens is 2. The van der Waals surface area contributed by atoms with Crippen LogP contribution in [0.25, 0.3) is 0 Å². The van der Waals surface area contributed by atoms with E-state index in [1.54, 1.807) is 6.07 Å². The van der Waals surface area contributed by atoms with E-state index in [1.165, 1.54) is 18.2 Å². The molecule has 126 valence electrons. The topological polar surface area (TPSA) is 113 Å². The Labute approximate surface area is 137 Å². The summed E-state index contributed by atoms with van der Waals surface area (Å²) in [6.07, 6.45) is 3.91. The van der Waals surface area contributed by atoms with Gasteiger partial charge in [0.1, 0.15) is 17.5 Å². The van der Waals surface area contributed by atoms with Crippen LogP contribution in [0.1, 0.15) is 36.0 Å². The van der Waals surface area contributed by atoms with Crippen LogP contribution >= 0.6 is 0 Å². The zero-order valence-electron chi connectivity index (χ0n) is 12.9. The van der Waals surface area contributed by atoms with Gasteiger partial charge in [0.25, 0.3) is 5.91 Å². The van der Waals surface area contributed by atoms with Gasteiger partial charge < -0.3 is 20.9 Å². The molecule has 0 unspecified atom stereocenters. The lowest BCUT2D eigenvalue weighted by molar-refractivity contribution is 0.0997. The third-order valence-corrected chi connectivity index (χ3v) is 3.75. The minimum absolute atomic E-state index is 0.00913. The summed E-state index contributed by atoms with van der Waals surface area (Å²) < 4.78 is 24.9. The van der Waals surface area contributed by atoms with Gasteiger partial charge in [0.2, 0.25) is 5.88 Å². The van der Waals surface area contributed by atoms with Crippen molar-refractivity contribution >= 4 is 11.7 Å². The summed E-state index contributed by atoms with van der Waals surface area (Å²) in [7, 11) is 0. The summed E-state index contributed by atoms with van der Waals surface area (Å²) in [4.78, 5) is 19.6. The number of rotatable bonds is 5. The van der Waals surface area contributed by atoms with Crippen LogP contribution in [0, 0.1) is 5.82 Å². The van der Waals surface area contributed by atoms with Crippen molar-refractivity contribution in [3.63, 3.8) is 0 Å². The lowest BCUT2D eigenvalue weighted by atomic mass is 10.2. The Hall–Kier alpha value is -2.90. The van der Waals surface area contributed by atoms with Crippen LogP contribution in [0.4, 0.5) is 10.2 Å². The highest BCUT2D eigenvalue weighted by atomic mass is 19.1. The summed E-state index contributed by atoms with van der Waals surface area (Å²) in [6.45, 7) is 0. The molecule has 1 aromatic carbocycles. The predicted molar refractivity (Wildman–Crippen MR) is 84.3 cm³/mol. The standard InChI is InChI=1S/C16H17FN4O3/c17-10-7-3-4-8-11(10)24-15-12(14(19)22)13(18)20-16(21-15)23-9-5-1-2-6-9/h3-4,7-9H,1-2,5-6H2,(H2,19,22)(H2,18,20,21). The summed E-state index contributed by atoms with van der Waals surface area (Å²) in [5.74, 6) is -1.98. The van der Waals surface area contributed by atoms with Gasteiger partial charge in [-0.15, -0.1) is 0 Å². The molecule has 1 heterocycles. The molecule has 7 nitrogen and oxygen atoms in total. The number of primary amides is 1. The molecule has 8 heteroatoms. The zero-order valence-corrected chi connectivity index (χ0v) is 12.9. The number of nitrogen functional groups attached to an aromatic ring is 1. The van der Waals surface area contributed by atoms with Gasteiger partial charge in [0.05, 0.1) is 0 Å². The van der Waals surface area contributed by atoms with E-state index in [4.69, 9.17) is 20.9 Å². The van der Waals surface area contributed by atoms with E-state index in [2.05, 4.69) is 9.97 Å². The minimum Gasteiger partial charge on any atom is -0.460 e. The molecule has 0 saturated heterocycles. The Bertz CT molecular complexity index is 763. The fourth-order valence-electron chi connectivity index (χ4n) is 2.58. The second-order valence-corrected chi connectivity index (χ2v) is 5.49. The molecule has 0 radical (unpaired) electrons. The van der Waals surface area contributed by atoms with Crippen LogP contribution in [0.15, 0.2) is 24.3 Å². The lowest BCUT2D eigenvalue weighted by Gasteiger charge is -2.15. The van der Waals surface area contributed by atoms with E-state index < -0.39 is 11.7 Å². The zero-order chi connectivity index (χ0) is 17.1. The van der Waals surface area contributed by atoms with Gasteiger partial charge in [-0.3, -0.25) is 4.79 Å². The Morgan fingerprint density at radius 3 is 2.58 bits per heavy atom. The first-order chi connectivity index (χ1) is 11.5. The number of anilines is 1. The first-order valence-electron chi connectivity index (χ1n) is 7.61. The highest BCUT2D eigenvalue weighted by Gasteiger charge is 2.23. The number of halogens is 1. The second-order valence-electron chi connectivity index (χ2n) is 5.49. The van der Waals surface area contributed by atoms with Crippen molar-refractivity contribution in [1.82, 2.24) is 9.97 Å². The molecule has 1 aliphatic carbocycles. The van der Waals surface area contributed by atoms with Crippen LogP contribution in [-0.2, 0) is 0 Å². The fourth-order valence-corrected chi connectivity index (χ4v) is 2.58. The van der Waals surface area contributed by atoms with Gasteiger partial charge >= 0.3 is 6.01 Å². The van der Waals surface area contributed by atoms with E-state index in [1.807, 2.05) is 0 Å². The van der Waals surface area contributed by atoms with Crippen LogP contribution in [0.5, 0.6) is 17.6 Å². The third kappa shape index (κ3) is 3.37. The smallest absolute Gasteiger partial charge is 0.322 e. The number of nitrogens with zero attached hydrogens (tertiary/aromatic N) is 2. The van der Waals surface area contributed by atoms with Gasteiger partial charge in [-0.25, -0.2) is 4.39 Å². The molecule has 2 aromatic rings. The van der Waals surface area contributed by atoms with Crippen molar-refractivity contribution in [2.75, 3.05) is 5.73 Å². The van der Waals surface area contributed by atoms with Crippen molar-refractivity contribution in [2.45, 2.75) is 31.8 Å². The van der Waals surface area contributed by atoms with Crippen molar-refractivity contribution < 1.29 is 18.7 Å². The van der Waals surface area contributed by atoms with Crippen molar-refractivity contribution in [2.24, 2.45) is 5.73 Å². The molecule has 0 spiro atoms. The van der Waals surface area contributed by atoms with Crippen molar-refractivity contribution in [1.29, 1.82) is 0 Å². The maximum absolute atomic E-state index is 13.8. The first kappa shape index (κ1) is 16.0. The van der Waals surface area contributed by atoms with E-state index in [0.717, 1.165) is 25.7 Å². The number of ether oxygens (including phenoxy) is 2. The molecule has 1 saturated carbocycles. The Kier molecular flexibility index (Phi) is 4.45. The fraction of sp³-hybridized carbons (Fsp3) is 0.312. The van der Waals surface area contributed by atoms with E-state index in [-0.39, 0.29) is 35.1 Å². The Morgan fingerprint density at radius 1 is 1.21 bits per heavy atom. The summed E-state index contributed by atoms with van der Waals surface area (Å²) in [6, 6.07) is 5.70. The highest BCUT2D eigenvalue weighted by molar-refractivity contribution is 5.99. The molecule has 24 heavy (non-hydrogen) atoms. The maximum atomic E-state index is 13.8. The summed E-state index contributed by atoms with van der Waals surface area (Å²) in [5, 5.41) is 0. The lowest BCUT2D eigenvalue weighted by Crippen LogP contribution is -2.19. The molecule has 1 amide bonds. The monoisotopic (exact) mass is 332 g/mol. The molecule has 0 bridgehead atoms. The van der Waals surface area contributed by atoms with Crippen LogP contribution in [0.2, 0.25) is 0 Å². The number of para-hydroxylation sites is 1. The summed E-state index contributed by atoms with van der Waals surface area (Å²) >= 11 is 0.